The SMILES string of the molecule is [C-]#[N+]c1ccc(N2CN(C(=O)CN(CCOC)C(=O)c3cccc(Cl)c3)CC2=O)cc1. The largest absolute Gasteiger partial charge is 0.383 e. The monoisotopic (exact) mass is 440 g/mol. The van der Waals surface area contributed by atoms with Crippen LogP contribution in [0.25, 0.3) is 4.85 Å². The fourth-order valence-electron chi connectivity index (χ4n) is 3.17. The lowest BCUT2D eigenvalue weighted by Crippen LogP contribution is -2.44. The van der Waals surface area contributed by atoms with E-state index in [4.69, 9.17) is 22.9 Å². The van der Waals surface area contributed by atoms with Gasteiger partial charge in [-0.3, -0.25) is 19.3 Å². The summed E-state index contributed by atoms with van der Waals surface area (Å²) in [7, 11) is 1.51. The molecular formula is C22H21ClN4O4. The number of carbonyl (C=O) groups excluding carboxylic acids is 3. The number of ether oxygens (including phenoxy) is 1. The van der Waals surface area contributed by atoms with Gasteiger partial charge >= 0.3 is 0 Å². The molecular weight excluding hydrogens is 420 g/mol. The number of nitrogens with zero attached hydrogens (tertiary/aromatic N) is 4. The first-order chi connectivity index (χ1) is 14.9. The summed E-state index contributed by atoms with van der Waals surface area (Å²) in [4.78, 5) is 45.8. The quantitative estimate of drug-likeness (QED) is 0.620. The molecule has 0 saturated carbocycles. The van der Waals surface area contributed by atoms with Gasteiger partial charge in [0.25, 0.3) is 5.91 Å². The van der Waals surface area contributed by atoms with E-state index in [2.05, 4.69) is 4.85 Å². The third-order valence-electron chi connectivity index (χ3n) is 4.83. The molecule has 0 radical (unpaired) electrons. The van der Waals surface area contributed by atoms with E-state index in [1.165, 1.54) is 21.8 Å². The van der Waals surface area contributed by atoms with Crippen LogP contribution in [0.5, 0.6) is 0 Å². The molecule has 2 aromatic carbocycles. The zero-order valence-electron chi connectivity index (χ0n) is 17.0. The second-order valence-corrected chi connectivity index (χ2v) is 7.35. The fourth-order valence-corrected chi connectivity index (χ4v) is 3.36. The maximum Gasteiger partial charge on any atom is 0.254 e. The van der Waals surface area contributed by atoms with Gasteiger partial charge in [0.1, 0.15) is 19.8 Å². The highest BCUT2D eigenvalue weighted by molar-refractivity contribution is 6.31. The summed E-state index contributed by atoms with van der Waals surface area (Å²) in [5, 5.41) is 0.425. The summed E-state index contributed by atoms with van der Waals surface area (Å²) < 4.78 is 5.07. The van der Waals surface area contributed by atoms with E-state index in [0.29, 0.717) is 22.0 Å². The molecule has 0 unspecified atom stereocenters. The summed E-state index contributed by atoms with van der Waals surface area (Å²) in [6.07, 6.45) is 0. The summed E-state index contributed by atoms with van der Waals surface area (Å²) >= 11 is 5.99. The Hall–Kier alpha value is -3.41. The number of carbonyl (C=O) groups is 3. The smallest absolute Gasteiger partial charge is 0.254 e. The van der Waals surface area contributed by atoms with Gasteiger partial charge in [-0.15, -0.1) is 0 Å². The van der Waals surface area contributed by atoms with E-state index in [1.807, 2.05) is 0 Å². The van der Waals surface area contributed by atoms with Crippen molar-refractivity contribution >= 4 is 40.7 Å². The van der Waals surface area contributed by atoms with Gasteiger partial charge in [0.15, 0.2) is 5.69 Å². The van der Waals surface area contributed by atoms with Gasteiger partial charge in [0.2, 0.25) is 11.8 Å². The van der Waals surface area contributed by atoms with E-state index in [-0.39, 0.29) is 50.6 Å². The lowest BCUT2D eigenvalue weighted by molar-refractivity contribution is -0.132. The van der Waals surface area contributed by atoms with Crippen LogP contribution < -0.4 is 4.90 Å². The Morgan fingerprint density at radius 1 is 1.23 bits per heavy atom. The predicted molar refractivity (Wildman–Crippen MR) is 116 cm³/mol. The van der Waals surface area contributed by atoms with Gasteiger partial charge in [-0.1, -0.05) is 29.8 Å². The van der Waals surface area contributed by atoms with Crippen LogP contribution in [-0.4, -0.2) is 67.5 Å². The first kappa shape index (κ1) is 22.3. The highest BCUT2D eigenvalue weighted by Gasteiger charge is 2.33. The molecule has 0 aliphatic carbocycles. The maximum atomic E-state index is 12.9. The molecule has 1 fully saturated rings. The van der Waals surface area contributed by atoms with Gasteiger partial charge in [-0.25, -0.2) is 4.85 Å². The van der Waals surface area contributed by atoms with E-state index in [9.17, 15) is 14.4 Å². The van der Waals surface area contributed by atoms with E-state index in [0.717, 1.165) is 0 Å². The number of hydrogen-bond donors (Lipinski definition) is 0. The molecule has 3 rings (SSSR count). The Bertz CT molecular complexity index is 1020. The molecule has 8 nitrogen and oxygen atoms in total. The molecule has 0 bridgehead atoms. The molecule has 31 heavy (non-hydrogen) atoms. The molecule has 160 valence electrons. The van der Waals surface area contributed by atoms with Gasteiger partial charge < -0.3 is 14.5 Å². The number of benzene rings is 2. The Labute approximate surface area is 185 Å². The van der Waals surface area contributed by atoms with Crippen LogP contribution in [0.1, 0.15) is 10.4 Å². The van der Waals surface area contributed by atoms with Gasteiger partial charge in [0, 0.05) is 29.9 Å². The lowest BCUT2D eigenvalue weighted by atomic mass is 10.2. The van der Waals surface area contributed by atoms with Crippen molar-refractivity contribution in [3.63, 3.8) is 0 Å². The zero-order chi connectivity index (χ0) is 22.4. The van der Waals surface area contributed by atoms with Crippen molar-refractivity contribution in [3.8, 4) is 0 Å². The fraction of sp³-hybridized carbons (Fsp3) is 0.273. The zero-order valence-corrected chi connectivity index (χ0v) is 17.7. The average Bonchev–Trinajstić information content (AvgIpc) is 3.17. The van der Waals surface area contributed by atoms with Gasteiger partial charge in [-0.05, 0) is 30.3 Å². The molecule has 1 saturated heterocycles. The van der Waals surface area contributed by atoms with Crippen LogP contribution >= 0.6 is 11.6 Å². The van der Waals surface area contributed by atoms with Crippen LogP contribution in [0.3, 0.4) is 0 Å². The van der Waals surface area contributed by atoms with Crippen molar-refractivity contribution in [1.29, 1.82) is 0 Å². The Morgan fingerprint density at radius 3 is 2.61 bits per heavy atom. The number of anilines is 1. The van der Waals surface area contributed by atoms with Crippen LogP contribution in [0.15, 0.2) is 48.5 Å². The average molecular weight is 441 g/mol. The van der Waals surface area contributed by atoms with Crippen LogP contribution in [-0.2, 0) is 14.3 Å². The topological polar surface area (TPSA) is 74.5 Å². The molecule has 0 aromatic heterocycles. The maximum absolute atomic E-state index is 12.9. The first-order valence-corrected chi connectivity index (χ1v) is 9.90. The minimum atomic E-state index is -0.347. The molecule has 2 aromatic rings. The summed E-state index contributed by atoms with van der Waals surface area (Å²) in [5.41, 5.74) is 1.45. The number of halogens is 1. The molecule has 1 aliphatic rings. The summed E-state index contributed by atoms with van der Waals surface area (Å²) in [6, 6.07) is 13.1. The molecule has 3 amide bonds. The number of amides is 3. The number of rotatable bonds is 7. The predicted octanol–water partition coefficient (Wildman–Crippen LogP) is 2.81. The Morgan fingerprint density at radius 2 is 1.97 bits per heavy atom. The molecule has 0 spiro atoms. The molecule has 0 N–H and O–H groups in total. The summed E-state index contributed by atoms with van der Waals surface area (Å²) in [6.45, 7) is 7.32. The van der Waals surface area contributed by atoms with E-state index < -0.39 is 0 Å². The normalized spacial score (nSPS) is 13.3. The lowest BCUT2D eigenvalue weighted by Gasteiger charge is -2.25. The van der Waals surface area contributed by atoms with Crippen molar-refractivity contribution < 1.29 is 19.1 Å². The van der Waals surface area contributed by atoms with Crippen molar-refractivity contribution in [1.82, 2.24) is 9.80 Å². The number of hydrogen-bond acceptors (Lipinski definition) is 4. The second kappa shape index (κ2) is 10.1. The second-order valence-electron chi connectivity index (χ2n) is 6.91. The minimum absolute atomic E-state index is 0.0765. The third kappa shape index (κ3) is 5.40. The molecule has 0 atom stereocenters. The van der Waals surface area contributed by atoms with Gasteiger partial charge in [-0.2, -0.15) is 0 Å². The third-order valence-corrected chi connectivity index (χ3v) is 5.07. The van der Waals surface area contributed by atoms with E-state index in [1.54, 1.807) is 48.5 Å². The van der Waals surface area contributed by atoms with Crippen LogP contribution in [0, 0.1) is 6.57 Å². The Balaban J connectivity index is 1.70. The van der Waals surface area contributed by atoms with Crippen molar-refractivity contribution in [2.45, 2.75) is 0 Å². The minimum Gasteiger partial charge on any atom is -0.383 e. The van der Waals surface area contributed by atoms with Crippen LogP contribution in [0.2, 0.25) is 5.02 Å². The van der Waals surface area contributed by atoms with Crippen molar-refractivity contribution in [2.75, 3.05) is 44.9 Å². The highest BCUT2D eigenvalue weighted by atomic mass is 35.5. The first-order valence-electron chi connectivity index (χ1n) is 9.52. The highest BCUT2D eigenvalue weighted by Crippen LogP contribution is 2.23. The molecule has 9 heteroatoms. The van der Waals surface area contributed by atoms with Crippen molar-refractivity contribution in [3.05, 3.63) is 70.5 Å². The van der Waals surface area contributed by atoms with Gasteiger partial charge in [0.05, 0.1) is 13.2 Å². The standard InChI is InChI=1S/C22H21ClN4O4/c1-24-18-6-8-19(9-7-18)27-15-26(14-21(27)29)20(28)13-25(10-11-31-2)22(30)16-4-3-5-17(23)12-16/h3-9,12H,10-11,13-15H2,2H3. The molecule has 1 aliphatic heterocycles. The summed E-state index contributed by atoms with van der Waals surface area (Å²) in [5.74, 6) is -0.918. The van der Waals surface area contributed by atoms with E-state index >= 15 is 0 Å². The van der Waals surface area contributed by atoms with Crippen molar-refractivity contribution in [2.24, 2.45) is 0 Å². The molecule has 1 heterocycles. The number of methoxy groups -OCH3 is 1. The van der Waals surface area contributed by atoms with Crippen LogP contribution in [0.4, 0.5) is 11.4 Å². The Kier molecular flexibility index (Phi) is 7.23.